The van der Waals surface area contributed by atoms with Crippen molar-refractivity contribution in [1.29, 1.82) is 0 Å². The van der Waals surface area contributed by atoms with Crippen LogP contribution in [0.4, 0.5) is 5.69 Å². The number of nitrogens with zero attached hydrogens (tertiary/aromatic N) is 2. The second kappa shape index (κ2) is 13.3. The van der Waals surface area contributed by atoms with Gasteiger partial charge in [-0.2, -0.15) is 0 Å². The van der Waals surface area contributed by atoms with Crippen molar-refractivity contribution >= 4 is 27.5 Å². The molecule has 0 radical (unpaired) electrons. The minimum atomic E-state index is -3.77. The molecule has 2 atom stereocenters. The highest BCUT2D eigenvalue weighted by molar-refractivity contribution is 7.92. The number of methoxy groups -OCH3 is 1. The number of aryl methyl sites for hydroxylation is 1. The second-order valence-corrected chi connectivity index (χ2v) is 10.8. The summed E-state index contributed by atoms with van der Waals surface area (Å²) in [6.07, 6.45) is 2.84. The van der Waals surface area contributed by atoms with E-state index in [1.165, 1.54) is 4.90 Å². The van der Waals surface area contributed by atoms with Gasteiger partial charge in [-0.25, -0.2) is 8.42 Å². The average Bonchev–Trinajstić information content (AvgIpc) is 2.86. The van der Waals surface area contributed by atoms with E-state index in [2.05, 4.69) is 5.32 Å². The third-order valence-electron chi connectivity index (χ3n) is 6.22. The maximum Gasteiger partial charge on any atom is 0.244 e. The molecule has 0 saturated heterocycles. The van der Waals surface area contributed by atoms with Crippen LogP contribution in [0.3, 0.4) is 0 Å². The highest BCUT2D eigenvalue weighted by atomic mass is 32.2. The summed E-state index contributed by atoms with van der Waals surface area (Å²) in [5.74, 6) is -0.0283. The number of carbonyl (C=O) groups excluding carboxylic acids is 2. The summed E-state index contributed by atoms with van der Waals surface area (Å²) in [6.45, 7) is 7.41. The highest BCUT2D eigenvalue weighted by Crippen LogP contribution is 2.24. The van der Waals surface area contributed by atoms with Gasteiger partial charge < -0.3 is 15.0 Å². The van der Waals surface area contributed by atoms with Crippen LogP contribution in [0.2, 0.25) is 0 Å². The topological polar surface area (TPSA) is 96.0 Å². The molecule has 0 aliphatic rings. The van der Waals surface area contributed by atoms with E-state index in [1.807, 2.05) is 52.0 Å². The number of para-hydroxylation sites is 1. The van der Waals surface area contributed by atoms with Gasteiger partial charge in [-0.1, -0.05) is 51.1 Å². The minimum Gasteiger partial charge on any atom is -0.497 e. The van der Waals surface area contributed by atoms with Crippen LogP contribution in [0, 0.1) is 0 Å². The van der Waals surface area contributed by atoms with E-state index in [4.69, 9.17) is 4.74 Å². The molecule has 2 rings (SSSR count). The Hall–Kier alpha value is -3.07. The molecule has 198 valence electrons. The first-order valence-electron chi connectivity index (χ1n) is 12.3. The van der Waals surface area contributed by atoms with Crippen molar-refractivity contribution < 1.29 is 22.7 Å². The molecule has 8 nitrogen and oxygen atoms in total. The molecule has 2 aromatic rings. The molecular formula is C27H39N3O5S. The van der Waals surface area contributed by atoms with Crippen LogP contribution < -0.4 is 14.4 Å². The third kappa shape index (κ3) is 7.71. The third-order valence-corrected chi connectivity index (χ3v) is 7.35. The zero-order valence-electron chi connectivity index (χ0n) is 22.2. The first kappa shape index (κ1) is 29.2. The lowest BCUT2D eigenvalue weighted by Crippen LogP contribution is -2.53. The van der Waals surface area contributed by atoms with E-state index >= 15 is 0 Å². The van der Waals surface area contributed by atoms with Crippen LogP contribution in [-0.4, -0.2) is 57.1 Å². The number of nitrogens with one attached hydrogen (secondary N) is 1. The lowest BCUT2D eigenvalue weighted by Gasteiger charge is -2.33. The van der Waals surface area contributed by atoms with Gasteiger partial charge >= 0.3 is 0 Å². The standard InChI is InChI=1S/C27H39N3O5S/c1-7-20(4)28-27(32)24(9-3)29(18-21-14-16-23(35-5)17-15-21)26(31)19-30(36(6,33)34)25-13-11-10-12-22(25)8-2/h10-17,20,24H,7-9,18-19H2,1-6H3,(H,28,32)/t20-,24+/m1/s1. The van der Waals surface area contributed by atoms with Gasteiger partial charge in [-0.3, -0.25) is 13.9 Å². The van der Waals surface area contributed by atoms with Crippen molar-refractivity contribution in [3.05, 3.63) is 59.7 Å². The SMILES string of the molecule is CCc1ccccc1N(CC(=O)N(Cc1ccc(OC)cc1)[C@@H](CC)C(=O)N[C@H](C)CC)S(C)(=O)=O. The summed E-state index contributed by atoms with van der Waals surface area (Å²) in [5, 5.41) is 2.97. The normalized spacial score (nSPS) is 12.9. The number of benzene rings is 2. The lowest BCUT2D eigenvalue weighted by atomic mass is 10.1. The number of rotatable bonds is 13. The predicted molar refractivity (Wildman–Crippen MR) is 144 cm³/mol. The summed E-state index contributed by atoms with van der Waals surface area (Å²) < 4.78 is 32.0. The molecule has 0 heterocycles. The van der Waals surface area contributed by atoms with E-state index in [-0.39, 0.29) is 18.5 Å². The van der Waals surface area contributed by atoms with E-state index in [1.54, 1.807) is 31.4 Å². The summed E-state index contributed by atoms with van der Waals surface area (Å²) in [6, 6.07) is 13.6. The molecule has 1 N–H and O–H groups in total. The van der Waals surface area contributed by atoms with Gasteiger partial charge in [0.25, 0.3) is 0 Å². The number of hydrogen-bond donors (Lipinski definition) is 1. The molecule has 0 saturated carbocycles. The van der Waals surface area contributed by atoms with Gasteiger partial charge in [0, 0.05) is 12.6 Å². The first-order chi connectivity index (χ1) is 17.0. The Kier molecular flexibility index (Phi) is 10.8. The number of sulfonamides is 1. The minimum absolute atomic E-state index is 0.0477. The molecule has 0 aliphatic carbocycles. The maximum absolute atomic E-state index is 13.8. The molecule has 0 aromatic heterocycles. The molecule has 2 amide bonds. The van der Waals surface area contributed by atoms with Crippen LogP contribution in [0.25, 0.3) is 0 Å². The van der Waals surface area contributed by atoms with Gasteiger partial charge in [0.15, 0.2) is 0 Å². The summed E-state index contributed by atoms with van der Waals surface area (Å²) >= 11 is 0. The van der Waals surface area contributed by atoms with Crippen molar-refractivity contribution in [2.24, 2.45) is 0 Å². The van der Waals surface area contributed by atoms with Gasteiger partial charge in [0.1, 0.15) is 18.3 Å². The largest absolute Gasteiger partial charge is 0.497 e. The van der Waals surface area contributed by atoms with E-state index in [9.17, 15) is 18.0 Å². The quantitative estimate of drug-likeness (QED) is 0.437. The van der Waals surface area contributed by atoms with Crippen LogP contribution in [0.1, 0.15) is 51.7 Å². The smallest absolute Gasteiger partial charge is 0.244 e. The Morgan fingerprint density at radius 2 is 1.64 bits per heavy atom. The molecule has 2 aromatic carbocycles. The molecule has 0 unspecified atom stereocenters. The average molecular weight is 518 g/mol. The maximum atomic E-state index is 13.8. The molecule has 9 heteroatoms. The fourth-order valence-corrected chi connectivity index (χ4v) is 4.82. The first-order valence-corrected chi connectivity index (χ1v) is 14.2. The van der Waals surface area contributed by atoms with Gasteiger partial charge in [-0.05, 0) is 55.5 Å². The number of amides is 2. The number of carbonyl (C=O) groups is 2. The summed E-state index contributed by atoms with van der Waals surface area (Å²) in [4.78, 5) is 28.4. The number of ether oxygens (including phenoxy) is 1. The van der Waals surface area contributed by atoms with Gasteiger partial charge in [0.05, 0.1) is 19.1 Å². The number of hydrogen-bond acceptors (Lipinski definition) is 5. The van der Waals surface area contributed by atoms with E-state index < -0.39 is 28.5 Å². The van der Waals surface area contributed by atoms with Crippen LogP contribution >= 0.6 is 0 Å². The Labute approximate surface area is 215 Å². The zero-order valence-corrected chi connectivity index (χ0v) is 23.0. The van der Waals surface area contributed by atoms with Gasteiger partial charge in [0.2, 0.25) is 21.8 Å². The predicted octanol–water partition coefficient (Wildman–Crippen LogP) is 3.75. The van der Waals surface area contributed by atoms with Gasteiger partial charge in [-0.15, -0.1) is 0 Å². The molecular weight excluding hydrogens is 478 g/mol. The van der Waals surface area contributed by atoms with Crippen LogP contribution in [-0.2, 0) is 32.6 Å². The van der Waals surface area contributed by atoms with Crippen LogP contribution in [0.5, 0.6) is 5.75 Å². The molecule has 0 aliphatic heterocycles. The van der Waals surface area contributed by atoms with Crippen molar-refractivity contribution in [1.82, 2.24) is 10.2 Å². The van der Waals surface area contributed by atoms with Crippen LogP contribution in [0.15, 0.2) is 48.5 Å². The van der Waals surface area contributed by atoms with Crippen molar-refractivity contribution in [3.63, 3.8) is 0 Å². The zero-order chi connectivity index (χ0) is 26.9. The Balaban J connectivity index is 2.47. The monoisotopic (exact) mass is 517 g/mol. The lowest BCUT2D eigenvalue weighted by molar-refractivity contribution is -0.140. The second-order valence-electron chi connectivity index (χ2n) is 8.86. The van der Waals surface area contributed by atoms with Crippen molar-refractivity contribution in [2.75, 3.05) is 24.2 Å². The van der Waals surface area contributed by atoms with Crippen molar-refractivity contribution in [3.8, 4) is 5.75 Å². The molecule has 0 spiro atoms. The number of anilines is 1. The molecule has 0 bridgehead atoms. The summed E-state index contributed by atoms with van der Waals surface area (Å²) in [7, 11) is -2.19. The fourth-order valence-electron chi connectivity index (χ4n) is 3.94. The highest BCUT2D eigenvalue weighted by Gasteiger charge is 2.32. The molecule has 36 heavy (non-hydrogen) atoms. The fraction of sp³-hybridized carbons (Fsp3) is 0.481. The molecule has 0 fully saturated rings. The summed E-state index contributed by atoms with van der Waals surface area (Å²) in [5.41, 5.74) is 2.09. The Morgan fingerprint density at radius 3 is 2.17 bits per heavy atom. The Morgan fingerprint density at radius 1 is 1.00 bits per heavy atom. The van der Waals surface area contributed by atoms with Crippen molar-refractivity contribution in [2.45, 2.75) is 65.6 Å². The Bertz CT molecular complexity index is 1120. The van der Waals surface area contributed by atoms with E-state index in [0.717, 1.165) is 28.1 Å². The van der Waals surface area contributed by atoms with E-state index in [0.29, 0.717) is 24.3 Å².